The molecule has 2 aliphatic rings. The Hall–Kier alpha value is -1.60. The molecule has 0 saturated carbocycles. The van der Waals surface area contributed by atoms with Crippen LogP contribution in [0.4, 0.5) is 5.69 Å². The highest BCUT2D eigenvalue weighted by atomic mass is 15.3. The van der Waals surface area contributed by atoms with Gasteiger partial charge in [0.1, 0.15) is 11.8 Å². The van der Waals surface area contributed by atoms with Gasteiger partial charge in [-0.15, -0.1) is 0 Å². The number of hydrogen-bond donors (Lipinski definition) is 1. The lowest BCUT2D eigenvalue weighted by Gasteiger charge is -2.37. The number of aromatic nitrogens is 1. The van der Waals surface area contributed by atoms with Crippen LogP contribution < -0.4 is 10.2 Å². The van der Waals surface area contributed by atoms with E-state index in [4.69, 9.17) is 5.26 Å². The van der Waals surface area contributed by atoms with Gasteiger partial charge in [0, 0.05) is 25.2 Å². The highest BCUT2D eigenvalue weighted by Gasteiger charge is 2.36. The summed E-state index contributed by atoms with van der Waals surface area (Å²) in [6, 6.07) is 7.08. The maximum absolute atomic E-state index is 8.72. The first-order valence-electron chi connectivity index (χ1n) is 5.73. The molecule has 0 aliphatic carbocycles. The van der Waals surface area contributed by atoms with Gasteiger partial charge in [-0.25, -0.2) is 4.98 Å². The molecule has 2 fully saturated rings. The summed E-state index contributed by atoms with van der Waals surface area (Å²) in [7, 11) is 0. The van der Waals surface area contributed by atoms with Crippen molar-refractivity contribution in [1.82, 2.24) is 10.3 Å². The van der Waals surface area contributed by atoms with Gasteiger partial charge >= 0.3 is 0 Å². The summed E-state index contributed by atoms with van der Waals surface area (Å²) < 4.78 is 0. The zero-order chi connectivity index (χ0) is 11.0. The van der Waals surface area contributed by atoms with Crippen LogP contribution in [-0.4, -0.2) is 30.2 Å². The Labute approximate surface area is 94.9 Å². The third-order valence-corrected chi connectivity index (χ3v) is 3.54. The Balaban J connectivity index is 1.89. The van der Waals surface area contributed by atoms with E-state index in [1.165, 1.54) is 12.8 Å². The van der Waals surface area contributed by atoms with E-state index in [1.54, 1.807) is 6.07 Å². The molecule has 16 heavy (non-hydrogen) atoms. The molecule has 1 aromatic heterocycles. The lowest BCUT2D eigenvalue weighted by Crippen LogP contribution is -2.52. The summed E-state index contributed by atoms with van der Waals surface area (Å²) in [6.07, 6.45) is 4.35. The topological polar surface area (TPSA) is 52.0 Å². The van der Waals surface area contributed by atoms with E-state index in [-0.39, 0.29) is 0 Å². The van der Waals surface area contributed by atoms with Gasteiger partial charge in [-0.05, 0) is 25.0 Å². The predicted molar refractivity (Wildman–Crippen MR) is 61.1 cm³/mol. The third kappa shape index (κ3) is 1.44. The molecule has 4 nitrogen and oxygen atoms in total. The van der Waals surface area contributed by atoms with Crippen LogP contribution in [0, 0.1) is 11.3 Å². The van der Waals surface area contributed by atoms with Gasteiger partial charge in [0.05, 0.1) is 11.9 Å². The monoisotopic (exact) mass is 214 g/mol. The fourth-order valence-corrected chi connectivity index (χ4v) is 2.81. The molecule has 0 spiro atoms. The standard InChI is InChI=1S/C12H14N4/c13-5-9-1-2-12(8-15-9)16-10-3-4-11(16)7-14-6-10/h1-2,8,10-11,14H,3-4,6-7H2. The molecule has 1 aromatic rings. The van der Waals surface area contributed by atoms with Crippen molar-refractivity contribution in [3.8, 4) is 6.07 Å². The van der Waals surface area contributed by atoms with E-state index in [0.29, 0.717) is 17.8 Å². The number of rotatable bonds is 1. The first kappa shape index (κ1) is 9.61. The Kier molecular flexibility index (Phi) is 2.26. The van der Waals surface area contributed by atoms with Crippen molar-refractivity contribution >= 4 is 5.69 Å². The van der Waals surface area contributed by atoms with Crippen LogP contribution in [-0.2, 0) is 0 Å². The number of pyridine rings is 1. The summed E-state index contributed by atoms with van der Waals surface area (Å²) in [5.74, 6) is 0. The molecule has 0 radical (unpaired) electrons. The van der Waals surface area contributed by atoms with Crippen LogP contribution in [0.2, 0.25) is 0 Å². The van der Waals surface area contributed by atoms with Crippen molar-refractivity contribution in [3.63, 3.8) is 0 Å². The van der Waals surface area contributed by atoms with Crippen LogP contribution in [0.1, 0.15) is 18.5 Å². The molecule has 82 valence electrons. The number of anilines is 1. The van der Waals surface area contributed by atoms with Crippen molar-refractivity contribution in [3.05, 3.63) is 24.0 Å². The van der Waals surface area contributed by atoms with Crippen molar-refractivity contribution in [2.24, 2.45) is 0 Å². The molecule has 1 N–H and O–H groups in total. The molecule has 2 saturated heterocycles. The van der Waals surface area contributed by atoms with E-state index >= 15 is 0 Å². The number of nitrogens with one attached hydrogen (secondary N) is 1. The van der Waals surface area contributed by atoms with Gasteiger partial charge in [-0.3, -0.25) is 0 Å². The summed E-state index contributed by atoms with van der Waals surface area (Å²) in [4.78, 5) is 6.61. The molecule has 2 aliphatic heterocycles. The molecule has 2 atom stereocenters. The highest BCUT2D eigenvalue weighted by Crippen LogP contribution is 2.31. The first-order chi connectivity index (χ1) is 7.88. The predicted octanol–water partition coefficient (Wildman–Crippen LogP) is 0.894. The minimum atomic E-state index is 0.492. The molecular formula is C12H14N4. The van der Waals surface area contributed by atoms with Gasteiger partial charge in [0.25, 0.3) is 0 Å². The van der Waals surface area contributed by atoms with Crippen molar-refractivity contribution in [1.29, 1.82) is 5.26 Å². The number of nitriles is 1. The van der Waals surface area contributed by atoms with Crippen LogP contribution in [0.15, 0.2) is 18.3 Å². The first-order valence-corrected chi connectivity index (χ1v) is 5.73. The molecule has 2 bridgehead atoms. The Morgan fingerprint density at radius 2 is 2.06 bits per heavy atom. The Morgan fingerprint density at radius 3 is 2.62 bits per heavy atom. The molecule has 0 aromatic carbocycles. The minimum Gasteiger partial charge on any atom is -0.362 e. The Morgan fingerprint density at radius 1 is 1.31 bits per heavy atom. The summed E-state index contributed by atoms with van der Waals surface area (Å²) in [6.45, 7) is 2.13. The average Bonchev–Trinajstić information content (AvgIpc) is 2.59. The lowest BCUT2D eigenvalue weighted by molar-refractivity contribution is 0.484. The Bertz CT molecular complexity index is 404. The smallest absolute Gasteiger partial charge is 0.140 e. The number of piperazine rings is 1. The van der Waals surface area contributed by atoms with Crippen LogP contribution >= 0.6 is 0 Å². The SMILES string of the molecule is N#Cc1ccc(N2C3CCC2CNC3)cn1. The number of nitrogens with zero attached hydrogens (tertiary/aromatic N) is 3. The summed E-state index contributed by atoms with van der Waals surface area (Å²) >= 11 is 0. The van der Waals surface area contributed by atoms with Crippen LogP contribution in [0.25, 0.3) is 0 Å². The van der Waals surface area contributed by atoms with E-state index < -0.39 is 0 Å². The highest BCUT2D eigenvalue weighted by molar-refractivity contribution is 5.50. The van der Waals surface area contributed by atoms with Crippen molar-refractivity contribution < 1.29 is 0 Å². The average molecular weight is 214 g/mol. The normalized spacial score (nSPS) is 27.8. The molecule has 0 amide bonds. The van der Waals surface area contributed by atoms with Crippen LogP contribution in [0.5, 0.6) is 0 Å². The molecular weight excluding hydrogens is 200 g/mol. The summed E-state index contributed by atoms with van der Waals surface area (Å²) in [5.41, 5.74) is 1.65. The summed E-state index contributed by atoms with van der Waals surface area (Å²) in [5, 5.41) is 12.2. The van der Waals surface area contributed by atoms with Crippen molar-refractivity contribution in [2.75, 3.05) is 18.0 Å². The fraction of sp³-hybridized carbons (Fsp3) is 0.500. The zero-order valence-corrected chi connectivity index (χ0v) is 9.06. The molecule has 3 heterocycles. The second kappa shape index (κ2) is 3.76. The van der Waals surface area contributed by atoms with E-state index in [9.17, 15) is 0 Å². The van der Waals surface area contributed by atoms with Gasteiger partial charge in [0.2, 0.25) is 0 Å². The minimum absolute atomic E-state index is 0.492. The van der Waals surface area contributed by atoms with Gasteiger partial charge in [-0.2, -0.15) is 5.26 Å². The second-order valence-corrected chi connectivity index (χ2v) is 4.46. The van der Waals surface area contributed by atoms with Crippen molar-refractivity contribution in [2.45, 2.75) is 24.9 Å². The van der Waals surface area contributed by atoms with Gasteiger partial charge < -0.3 is 10.2 Å². The maximum atomic E-state index is 8.72. The second-order valence-electron chi connectivity index (χ2n) is 4.46. The molecule has 3 rings (SSSR count). The van der Waals surface area contributed by atoms with Gasteiger partial charge in [0.15, 0.2) is 0 Å². The maximum Gasteiger partial charge on any atom is 0.140 e. The number of hydrogen-bond acceptors (Lipinski definition) is 4. The zero-order valence-electron chi connectivity index (χ0n) is 9.06. The number of fused-ring (bicyclic) bond motifs is 2. The van der Waals surface area contributed by atoms with E-state index in [2.05, 4.69) is 21.3 Å². The fourth-order valence-electron chi connectivity index (χ4n) is 2.81. The lowest BCUT2D eigenvalue weighted by atomic mass is 10.2. The largest absolute Gasteiger partial charge is 0.362 e. The quantitative estimate of drug-likeness (QED) is 0.754. The molecule has 4 heteroatoms. The van der Waals surface area contributed by atoms with E-state index in [1.807, 2.05) is 12.3 Å². The third-order valence-electron chi connectivity index (χ3n) is 3.54. The molecule has 2 unspecified atom stereocenters. The van der Waals surface area contributed by atoms with Crippen LogP contribution in [0.3, 0.4) is 0 Å². The van der Waals surface area contributed by atoms with E-state index in [0.717, 1.165) is 18.8 Å². The van der Waals surface area contributed by atoms with Gasteiger partial charge in [-0.1, -0.05) is 0 Å².